The van der Waals surface area contributed by atoms with E-state index in [1.165, 1.54) is 57.7 Å². The predicted molar refractivity (Wildman–Crippen MR) is 237 cm³/mol. The minimum absolute atomic E-state index is 0.0399. The van der Waals surface area contributed by atoms with Gasteiger partial charge in [0, 0.05) is 21.3 Å². The monoisotopic (exact) mass is 1020 g/mol. The Balaban J connectivity index is 1.11. The van der Waals surface area contributed by atoms with Crippen molar-refractivity contribution in [3.05, 3.63) is 108 Å². The van der Waals surface area contributed by atoms with Crippen molar-refractivity contribution in [2.75, 3.05) is 47.8 Å². The first-order chi connectivity index (χ1) is 34.7. The summed E-state index contributed by atoms with van der Waals surface area (Å²) in [7, 11) is 4.08. The molecule has 4 aliphatic rings. The van der Waals surface area contributed by atoms with Crippen molar-refractivity contribution < 1.29 is 117 Å². The van der Waals surface area contributed by atoms with Crippen molar-refractivity contribution in [3.63, 3.8) is 0 Å². The average molecular weight is 1020 g/mol. The third-order valence-corrected chi connectivity index (χ3v) is 12.6. The normalized spacial score (nSPS) is 37.0. The van der Waals surface area contributed by atoms with Crippen LogP contribution in [0.4, 0.5) is 0 Å². The Labute approximate surface area is 412 Å². The van der Waals surface area contributed by atoms with E-state index in [0.29, 0.717) is 0 Å². The van der Waals surface area contributed by atoms with Crippen molar-refractivity contribution in [1.82, 2.24) is 0 Å². The molecule has 0 bridgehead atoms. The van der Waals surface area contributed by atoms with Crippen molar-refractivity contribution in [2.24, 2.45) is 0 Å². The highest BCUT2D eigenvalue weighted by molar-refractivity contribution is 5.90. The largest absolute Gasteiger partial charge is 0.450 e. The van der Waals surface area contributed by atoms with Gasteiger partial charge in [-0.2, -0.15) is 0 Å². The standard InChI is InChI=1S/C48H60O24/c1-60-36-29(66-45(59)41(62-3)40(36)61-2)22-65-48-39(72-44(58)25-17-11-6-12-18-25)35(55)32(52)28(69-48)21-64-47-38(71-43(57)24-15-9-5-10-16-24)34(54)31(51)27(68-47)20-63-46-37(33(53)30(50)26(19-49)67-46)70-42(56)23-13-7-4-8-14-23/h4-18,26-41,45-55,59H,19-22H2,1-3H3/t26-,27-,28-,29-,30-,31-,32-,33+,34+,35+,36-,37+,38+,39+,40+,41-,45+,46+,47+,48+/m1/s1. The fourth-order valence-electron chi connectivity index (χ4n) is 8.62. The van der Waals surface area contributed by atoms with Crippen LogP contribution in [0.1, 0.15) is 31.1 Å². The van der Waals surface area contributed by atoms with Crippen LogP contribution in [0.5, 0.6) is 0 Å². The fraction of sp³-hybridized carbons (Fsp3) is 0.562. The van der Waals surface area contributed by atoms with E-state index in [1.807, 2.05) is 0 Å². The van der Waals surface area contributed by atoms with E-state index in [4.69, 9.17) is 61.6 Å². The lowest BCUT2D eigenvalue weighted by atomic mass is 9.97. The van der Waals surface area contributed by atoms with E-state index < -0.39 is 167 Å². The second-order valence-electron chi connectivity index (χ2n) is 17.1. The second-order valence-corrected chi connectivity index (χ2v) is 17.1. The molecule has 72 heavy (non-hydrogen) atoms. The molecule has 0 aromatic heterocycles. The number of aliphatic hydroxyl groups excluding tert-OH is 8. The number of benzene rings is 3. The Morgan fingerprint density at radius 2 is 0.722 bits per heavy atom. The van der Waals surface area contributed by atoms with E-state index in [0.717, 1.165) is 0 Å². The molecular formula is C48H60O24. The molecule has 0 spiro atoms. The van der Waals surface area contributed by atoms with Crippen molar-refractivity contribution in [1.29, 1.82) is 0 Å². The summed E-state index contributed by atoms with van der Waals surface area (Å²) < 4.78 is 75.0. The third kappa shape index (κ3) is 12.6. The number of hydrogen-bond donors (Lipinski definition) is 8. The fourth-order valence-corrected chi connectivity index (χ4v) is 8.62. The molecular weight excluding hydrogens is 961 g/mol. The van der Waals surface area contributed by atoms with Gasteiger partial charge in [0.05, 0.1) is 43.1 Å². The number of esters is 3. The first-order valence-corrected chi connectivity index (χ1v) is 22.9. The molecule has 24 heteroatoms. The highest BCUT2D eigenvalue weighted by Crippen LogP contribution is 2.33. The summed E-state index contributed by atoms with van der Waals surface area (Å²) in [5.41, 5.74) is 0.200. The maximum atomic E-state index is 13.4. The van der Waals surface area contributed by atoms with Crippen molar-refractivity contribution in [2.45, 2.75) is 123 Å². The average Bonchev–Trinajstić information content (AvgIpc) is 3.40. The number of methoxy groups -OCH3 is 3. The summed E-state index contributed by atoms with van der Waals surface area (Å²) in [5, 5.41) is 88.5. The number of rotatable bonds is 19. The number of ether oxygens (including phenoxy) is 13. The molecule has 0 amide bonds. The molecule has 3 aromatic rings. The van der Waals surface area contributed by atoms with Crippen LogP contribution < -0.4 is 0 Å². The Morgan fingerprint density at radius 3 is 1.06 bits per heavy atom. The van der Waals surface area contributed by atoms with Gasteiger partial charge in [-0.1, -0.05) is 54.6 Å². The Kier molecular flexibility index (Phi) is 19.5. The lowest BCUT2D eigenvalue weighted by Crippen LogP contribution is -2.64. The zero-order valence-corrected chi connectivity index (χ0v) is 39.1. The van der Waals surface area contributed by atoms with Crippen molar-refractivity contribution >= 4 is 17.9 Å². The van der Waals surface area contributed by atoms with Crippen LogP contribution in [-0.2, 0) is 61.6 Å². The van der Waals surface area contributed by atoms with Gasteiger partial charge in [-0.3, -0.25) is 0 Å². The van der Waals surface area contributed by atoms with Gasteiger partial charge in [-0.25, -0.2) is 14.4 Å². The first kappa shape index (κ1) is 55.1. The second kappa shape index (κ2) is 25.5. The van der Waals surface area contributed by atoms with Crippen LogP contribution in [0.3, 0.4) is 0 Å². The van der Waals surface area contributed by atoms with Crippen LogP contribution in [-0.4, -0.2) is 229 Å². The van der Waals surface area contributed by atoms with E-state index in [1.54, 1.807) is 54.6 Å². The van der Waals surface area contributed by atoms with E-state index in [2.05, 4.69) is 0 Å². The number of hydrogen-bond acceptors (Lipinski definition) is 24. The Hall–Kier alpha value is -4.65. The summed E-state index contributed by atoms with van der Waals surface area (Å²) >= 11 is 0. The van der Waals surface area contributed by atoms with Crippen LogP contribution >= 0.6 is 0 Å². The van der Waals surface area contributed by atoms with Gasteiger partial charge in [0.1, 0.15) is 79.4 Å². The summed E-state index contributed by atoms with van der Waals surface area (Å²) in [6, 6.07) is 23.0. The maximum absolute atomic E-state index is 13.4. The molecule has 0 unspecified atom stereocenters. The highest BCUT2D eigenvalue weighted by Gasteiger charge is 2.54. The van der Waals surface area contributed by atoms with Gasteiger partial charge in [-0.05, 0) is 36.4 Å². The quantitative estimate of drug-likeness (QED) is 0.0467. The smallest absolute Gasteiger partial charge is 0.338 e. The Morgan fingerprint density at radius 1 is 0.403 bits per heavy atom. The van der Waals surface area contributed by atoms with Crippen molar-refractivity contribution in [3.8, 4) is 0 Å². The van der Waals surface area contributed by atoms with Crippen LogP contribution in [0, 0.1) is 0 Å². The molecule has 3 aromatic carbocycles. The van der Waals surface area contributed by atoms with Gasteiger partial charge >= 0.3 is 17.9 Å². The molecule has 0 radical (unpaired) electrons. The number of aliphatic hydroxyl groups is 8. The molecule has 0 aliphatic carbocycles. The third-order valence-electron chi connectivity index (χ3n) is 12.6. The van der Waals surface area contributed by atoms with E-state index in [-0.39, 0.29) is 16.7 Å². The molecule has 0 saturated carbocycles. The zero-order chi connectivity index (χ0) is 51.6. The van der Waals surface area contributed by atoms with Crippen LogP contribution in [0.25, 0.3) is 0 Å². The van der Waals surface area contributed by atoms with Crippen LogP contribution in [0.15, 0.2) is 91.0 Å². The molecule has 24 nitrogen and oxygen atoms in total. The molecule has 4 saturated heterocycles. The van der Waals surface area contributed by atoms with Gasteiger partial charge in [0.25, 0.3) is 0 Å². The van der Waals surface area contributed by atoms with E-state index >= 15 is 0 Å². The molecule has 4 fully saturated rings. The summed E-state index contributed by atoms with van der Waals surface area (Å²) in [6.07, 6.45) is -31.8. The lowest BCUT2D eigenvalue weighted by Gasteiger charge is -2.46. The topological polar surface area (TPSA) is 333 Å². The summed E-state index contributed by atoms with van der Waals surface area (Å²) in [5.74, 6) is -2.83. The molecule has 396 valence electrons. The van der Waals surface area contributed by atoms with Gasteiger partial charge in [0.15, 0.2) is 43.5 Å². The molecule has 8 N–H and O–H groups in total. The first-order valence-electron chi connectivity index (χ1n) is 22.9. The van der Waals surface area contributed by atoms with Gasteiger partial charge in [0.2, 0.25) is 0 Å². The summed E-state index contributed by atoms with van der Waals surface area (Å²) in [6.45, 7) is -2.73. The molecule has 20 atom stereocenters. The molecule has 4 heterocycles. The number of carbonyl (C=O) groups is 3. The highest BCUT2D eigenvalue weighted by atomic mass is 16.8. The lowest BCUT2D eigenvalue weighted by molar-refractivity contribution is -0.346. The van der Waals surface area contributed by atoms with E-state index in [9.17, 15) is 55.2 Å². The predicted octanol–water partition coefficient (Wildman–Crippen LogP) is -2.19. The SMILES string of the molecule is CO[C@@H]1[C@@H](OC)[C@@H](O)O[C@H](CO[C@H]2O[C@H](CO[C@H]3O[C@H](CO[C@H]4O[C@H](CO)[C@@H](O)[C@H](O)[C@@H]4OC(=O)c4ccccc4)[C@@H](O)[C@H](O)[C@@H]3OC(=O)c3ccccc3)[C@@H](O)[C@H](O)[C@@H]2OC(=O)c2ccccc2)[C@H]1OC. The number of carbonyl (C=O) groups excluding carboxylic acids is 3. The zero-order valence-electron chi connectivity index (χ0n) is 39.1. The van der Waals surface area contributed by atoms with Gasteiger partial charge in [-0.15, -0.1) is 0 Å². The van der Waals surface area contributed by atoms with Gasteiger partial charge < -0.3 is 102 Å². The molecule has 4 aliphatic heterocycles. The Bertz CT molecular complexity index is 2160. The maximum Gasteiger partial charge on any atom is 0.338 e. The molecule has 7 rings (SSSR count). The minimum atomic E-state index is -1.99. The summed E-state index contributed by atoms with van der Waals surface area (Å²) in [4.78, 5) is 39.8. The minimum Gasteiger partial charge on any atom is -0.450 e. The van der Waals surface area contributed by atoms with Crippen LogP contribution in [0.2, 0.25) is 0 Å².